The Balaban J connectivity index is 1.39. The van der Waals surface area contributed by atoms with E-state index in [1.807, 2.05) is 61.5 Å². The molecule has 1 amide bonds. The highest BCUT2D eigenvalue weighted by Gasteiger charge is 2.60. The van der Waals surface area contributed by atoms with Crippen LogP contribution in [0.2, 0.25) is 0 Å². The Morgan fingerprint density at radius 3 is 2.23 bits per heavy atom. The molecule has 1 atom stereocenters. The van der Waals surface area contributed by atoms with Gasteiger partial charge in [0, 0.05) is 27.6 Å². The maximum Gasteiger partial charge on any atom is 0.244 e. The number of hydrazone groups is 1. The highest BCUT2D eigenvalue weighted by Crippen LogP contribution is 2.58. The number of H-pyrrole nitrogens is 1. The van der Waals surface area contributed by atoms with E-state index in [2.05, 4.69) is 45.8 Å². The summed E-state index contributed by atoms with van der Waals surface area (Å²) < 4.78 is 0. The fourth-order valence-electron chi connectivity index (χ4n) is 4.56. The fraction of sp³-hybridized carbons (Fsp3) is 0.154. The predicted molar refractivity (Wildman–Crippen MR) is 121 cm³/mol. The zero-order chi connectivity index (χ0) is 20.6. The van der Waals surface area contributed by atoms with Crippen molar-refractivity contribution in [2.75, 3.05) is 0 Å². The molecule has 148 valence electrons. The molecule has 1 aliphatic rings. The summed E-state index contributed by atoms with van der Waals surface area (Å²) in [5, 5.41) is 5.39. The Bertz CT molecular complexity index is 1190. The zero-order valence-electron chi connectivity index (χ0n) is 16.8. The SMILES string of the molecule is Cc1[nH]c2ccccc2c1/C=N/NC(=O)C1CC1(c1ccccc1)c1ccccc1. The van der Waals surface area contributed by atoms with Crippen LogP contribution in [0, 0.1) is 12.8 Å². The molecule has 0 saturated heterocycles. The van der Waals surface area contributed by atoms with Gasteiger partial charge in [-0.25, -0.2) is 5.43 Å². The van der Waals surface area contributed by atoms with Gasteiger partial charge in [-0.2, -0.15) is 5.10 Å². The first-order chi connectivity index (χ1) is 14.7. The highest BCUT2D eigenvalue weighted by molar-refractivity contribution is 6.01. The van der Waals surface area contributed by atoms with Crippen LogP contribution in [0.4, 0.5) is 0 Å². The molecule has 4 nitrogen and oxygen atoms in total. The van der Waals surface area contributed by atoms with Gasteiger partial charge in [-0.05, 0) is 30.5 Å². The average molecular weight is 393 g/mol. The van der Waals surface area contributed by atoms with Crippen LogP contribution in [-0.4, -0.2) is 17.1 Å². The largest absolute Gasteiger partial charge is 0.358 e. The molecule has 1 aromatic heterocycles. The summed E-state index contributed by atoms with van der Waals surface area (Å²) in [5.74, 6) is -0.181. The van der Waals surface area contributed by atoms with Crippen LogP contribution >= 0.6 is 0 Å². The molecule has 3 aromatic carbocycles. The number of aromatic nitrogens is 1. The third kappa shape index (κ3) is 3.01. The van der Waals surface area contributed by atoms with Crippen molar-refractivity contribution in [3.8, 4) is 0 Å². The van der Waals surface area contributed by atoms with E-state index >= 15 is 0 Å². The van der Waals surface area contributed by atoms with Crippen molar-refractivity contribution in [3.63, 3.8) is 0 Å². The Morgan fingerprint density at radius 2 is 1.57 bits per heavy atom. The summed E-state index contributed by atoms with van der Waals surface area (Å²) in [7, 11) is 0. The van der Waals surface area contributed by atoms with Crippen molar-refractivity contribution in [2.45, 2.75) is 18.8 Å². The van der Waals surface area contributed by atoms with Crippen molar-refractivity contribution >= 4 is 23.0 Å². The number of aryl methyl sites for hydroxylation is 1. The molecular formula is C26H23N3O. The molecule has 1 heterocycles. The lowest BCUT2D eigenvalue weighted by molar-refractivity contribution is -0.122. The van der Waals surface area contributed by atoms with E-state index in [0.717, 1.165) is 28.6 Å². The molecule has 1 aliphatic carbocycles. The number of fused-ring (bicyclic) bond motifs is 1. The van der Waals surface area contributed by atoms with Gasteiger partial charge in [0.15, 0.2) is 0 Å². The number of amides is 1. The third-order valence-electron chi connectivity index (χ3n) is 6.17. The summed E-state index contributed by atoms with van der Waals surface area (Å²) in [5.41, 5.74) is 7.95. The van der Waals surface area contributed by atoms with Gasteiger partial charge in [0.05, 0.1) is 12.1 Å². The quantitative estimate of drug-likeness (QED) is 0.366. The van der Waals surface area contributed by atoms with Crippen molar-refractivity contribution in [1.82, 2.24) is 10.4 Å². The van der Waals surface area contributed by atoms with E-state index in [0.29, 0.717) is 0 Å². The molecule has 0 bridgehead atoms. The van der Waals surface area contributed by atoms with Crippen molar-refractivity contribution in [2.24, 2.45) is 11.0 Å². The van der Waals surface area contributed by atoms with E-state index in [4.69, 9.17) is 0 Å². The van der Waals surface area contributed by atoms with Gasteiger partial charge in [-0.15, -0.1) is 0 Å². The first-order valence-electron chi connectivity index (χ1n) is 10.2. The number of nitrogens with one attached hydrogen (secondary N) is 2. The van der Waals surface area contributed by atoms with Crippen LogP contribution in [-0.2, 0) is 10.2 Å². The lowest BCUT2D eigenvalue weighted by atomic mass is 9.85. The second-order valence-electron chi connectivity index (χ2n) is 7.90. The maximum atomic E-state index is 13.0. The molecule has 0 aliphatic heterocycles. The molecule has 1 unspecified atom stereocenters. The van der Waals surface area contributed by atoms with E-state index in [1.165, 1.54) is 11.1 Å². The Morgan fingerprint density at radius 1 is 0.967 bits per heavy atom. The summed E-state index contributed by atoms with van der Waals surface area (Å²) in [4.78, 5) is 16.4. The van der Waals surface area contributed by atoms with Crippen LogP contribution in [0.25, 0.3) is 10.9 Å². The van der Waals surface area contributed by atoms with Gasteiger partial charge in [-0.1, -0.05) is 78.9 Å². The molecule has 1 saturated carbocycles. The van der Waals surface area contributed by atoms with Crippen LogP contribution in [0.3, 0.4) is 0 Å². The normalized spacial score (nSPS) is 17.3. The molecule has 2 N–H and O–H groups in total. The Kier molecular flexibility index (Phi) is 4.47. The number of rotatable bonds is 5. The molecule has 4 aromatic rings. The minimum absolute atomic E-state index is 0.0450. The number of carbonyl (C=O) groups excluding carboxylic acids is 1. The van der Waals surface area contributed by atoms with Gasteiger partial charge >= 0.3 is 0 Å². The van der Waals surface area contributed by atoms with E-state index in [9.17, 15) is 4.79 Å². The minimum atomic E-state index is -0.279. The number of nitrogens with zero attached hydrogens (tertiary/aromatic N) is 1. The molecule has 0 spiro atoms. The zero-order valence-corrected chi connectivity index (χ0v) is 16.8. The minimum Gasteiger partial charge on any atom is -0.358 e. The summed E-state index contributed by atoms with van der Waals surface area (Å²) in [6, 6.07) is 28.7. The standard InChI is InChI=1S/C26H23N3O/c1-18-22(21-14-8-9-15-24(21)28-18)17-27-29-25(30)23-16-26(23,19-10-4-2-5-11-19)20-12-6-3-7-13-20/h2-15,17,23,28H,16H2,1H3,(H,29,30)/b27-17+. The Labute approximate surface area is 175 Å². The van der Waals surface area contributed by atoms with Crippen LogP contribution in [0.5, 0.6) is 0 Å². The fourth-order valence-corrected chi connectivity index (χ4v) is 4.56. The van der Waals surface area contributed by atoms with Crippen LogP contribution in [0.15, 0.2) is 90.0 Å². The molecule has 5 rings (SSSR count). The van der Waals surface area contributed by atoms with Crippen molar-refractivity contribution < 1.29 is 4.79 Å². The van der Waals surface area contributed by atoms with Gasteiger partial charge in [0.25, 0.3) is 0 Å². The maximum absolute atomic E-state index is 13.0. The summed E-state index contributed by atoms with van der Waals surface area (Å²) in [6.07, 6.45) is 2.52. The monoisotopic (exact) mass is 393 g/mol. The molecule has 1 fully saturated rings. The van der Waals surface area contributed by atoms with Crippen LogP contribution in [0.1, 0.15) is 28.8 Å². The number of benzene rings is 3. The lowest BCUT2D eigenvalue weighted by Gasteiger charge is -2.18. The van der Waals surface area contributed by atoms with Crippen molar-refractivity contribution in [1.29, 1.82) is 0 Å². The van der Waals surface area contributed by atoms with Crippen LogP contribution < -0.4 is 5.43 Å². The van der Waals surface area contributed by atoms with E-state index in [1.54, 1.807) is 6.21 Å². The third-order valence-corrected chi connectivity index (χ3v) is 6.17. The smallest absolute Gasteiger partial charge is 0.244 e. The number of hydrogen-bond acceptors (Lipinski definition) is 2. The summed E-state index contributed by atoms with van der Waals surface area (Å²) in [6.45, 7) is 2.01. The highest BCUT2D eigenvalue weighted by atomic mass is 16.2. The summed E-state index contributed by atoms with van der Waals surface area (Å²) >= 11 is 0. The van der Waals surface area contributed by atoms with E-state index < -0.39 is 0 Å². The second-order valence-corrected chi connectivity index (χ2v) is 7.90. The van der Waals surface area contributed by atoms with Gasteiger partial charge in [0.1, 0.15) is 0 Å². The molecule has 30 heavy (non-hydrogen) atoms. The number of carbonyl (C=O) groups is 1. The Hall–Kier alpha value is -3.66. The average Bonchev–Trinajstić information content (AvgIpc) is 3.48. The lowest BCUT2D eigenvalue weighted by Crippen LogP contribution is -2.25. The van der Waals surface area contributed by atoms with Crippen molar-refractivity contribution in [3.05, 3.63) is 107 Å². The van der Waals surface area contributed by atoms with Gasteiger partial charge in [0.2, 0.25) is 5.91 Å². The number of hydrogen-bond donors (Lipinski definition) is 2. The van der Waals surface area contributed by atoms with Gasteiger partial charge < -0.3 is 4.98 Å². The molecule has 0 radical (unpaired) electrons. The number of para-hydroxylation sites is 1. The first kappa shape index (κ1) is 18.4. The molecule has 4 heteroatoms. The first-order valence-corrected chi connectivity index (χ1v) is 10.2. The number of aromatic amines is 1. The molecular weight excluding hydrogens is 370 g/mol. The second kappa shape index (κ2) is 7.30. The van der Waals surface area contributed by atoms with Gasteiger partial charge in [-0.3, -0.25) is 4.79 Å². The van der Waals surface area contributed by atoms with E-state index in [-0.39, 0.29) is 17.2 Å². The predicted octanol–water partition coefficient (Wildman–Crippen LogP) is 4.93. The topological polar surface area (TPSA) is 57.2 Å².